The number of rotatable bonds is 3. The molecule has 7 nitrogen and oxygen atoms in total. The van der Waals surface area contributed by atoms with Crippen LogP contribution in [0.3, 0.4) is 0 Å². The number of nitrogens with two attached hydrogens (primary N) is 1. The summed E-state index contributed by atoms with van der Waals surface area (Å²) in [4.78, 5) is 17.8. The smallest absolute Gasteiger partial charge is 0.259 e. The van der Waals surface area contributed by atoms with Crippen molar-refractivity contribution in [3.05, 3.63) is 99.1 Å². The fraction of sp³-hybridized carbons (Fsp3) is 0.136. The van der Waals surface area contributed by atoms with Crippen molar-refractivity contribution in [1.82, 2.24) is 9.55 Å². The predicted molar refractivity (Wildman–Crippen MR) is 106 cm³/mol. The summed E-state index contributed by atoms with van der Waals surface area (Å²) in [5.74, 6) is -0.293. The van der Waals surface area contributed by atoms with Crippen LogP contribution in [0.1, 0.15) is 28.4 Å². The topological polar surface area (TPSA) is 114 Å². The number of hydrogen-bond acceptors (Lipinski definition) is 6. The van der Waals surface area contributed by atoms with E-state index in [9.17, 15) is 15.2 Å². The van der Waals surface area contributed by atoms with Gasteiger partial charge in [-0.2, -0.15) is 5.26 Å². The van der Waals surface area contributed by atoms with Crippen LogP contribution in [0.25, 0.3) is 0 Å². The molecule has 3 heterocycles. The van der Waals surface area contributed by atoms with Crippen molar-refractivity contribution in [2.24, 2.45) is 5.73 Å². The van der Waals surface area contributed by atoms with E-state index in [1.807, 2.05) is 25.1 Å². The van der Waals surface area contributed by atoms with Gasteiger partial charge in [0.05, 0.1) is 23.7 Å². The number of benzene rings is 1. The second-order valence-corrected chi connectivity index (χ2v) is 6.79. The number of allylic oxidation sites excluding steroid dienone is 1. The zero-order chi connectivity index (χ0) is 20.5. The number of fused-ring (bicyclic) bond motifs is 1. The number of aryl methyl sites for hydroxylation is 1. The lowest BCUT2D eigenvalue weighted by Crippen LogP contribution is -2.33. The van der Waals surface area contributed by atoms with Gasteiger partial charge in [-0.05, 0) is 36.8 Å². The minimum absolute atomic E-state index is 0.0284. The molecule has 0 saturated heterocycles. The molecule has 1 unspecified atom stereocenters. The second kappa shape index (κ2) is 7.17. The van der Waals surface area contributed by atoms with Gasteiger partial charge in [0.1, 0.15) is 23.1 Å². The summed E-state index contributed by atoms with van der Waals surface area (Å²) in [7, 11) is 0. The van der Waals surface area contributed by atoms with Crippen molar-refractivity contribution in [1.29, 1.82) is 5.26 Å². The van der Waals surface area contributed by atoms with E-state index >= 15 is 0 Å². The van der Waals surface area contributed by atoms with E-state index in [-0.39, 0.29) is 22.8 Å². The quantitative estimate of drug-likeness (QED) is 0.715. The van der Waals surface area contributed by atoms with E-state index in [0.717, 1.165) is 5.69 Å². The molecular weight excluding hydrogens is 368 g/mol. The van der Waals surface area contributed by atoms with Crippen molar-refractivity contribution in [2.45, 2.75) is 19.4 Å². The summed E-state index contributed by atoms with van der Waals surface area (Å²) < 4.78 is 7.24. The molecule has 29 heavy (non-hydrogen) atoms. The molecule has 0 aliphatic carbocycles. The van der Waals surface area contributed by atoms with Gasteiger partial charge >= 0.3 is 0 Å². The Morgan fingerprint density at radius 2 is 2.03 bits per heavy atom. The van der Waals surface area contributed by atoms with Crippen LogP contribution in [0, 0.1) is 18.3 Å². The van der Waals surface area contributed by atoms with Crippen LogP contribution in [0.2, 0.25) is 0 Å². The molecule has 0 radical (unpaired) electrons. The van der Waals surface area contributed by atoms with E-state index in [0.29, 0.717) is 29.1 Å². The molecule has 7 heteroatoms. The number of hydrogen-bond donors (Lipinski definition) is 2. The molecule has 0 saturated carbocycles. The zero-order valence-corrected chi connectivity index (χ0v) is 15.7. The molecule has 3 N–H and O–H groups in total. The summed E-state index contributed by atoms with van der Waals surface area (Å²) in [6.45, 7) is 2.10. The summed E-state index contributed by atoms with van der Waals surface area (Å²) in [5.41, 5.74) is 8.31. The van der Waals surface area contributed by atoms with Crippen molar-refractivity contribution in [3.8, 4) is 17.6 Å². The maximum atomic E-state index is 13.5. The zero-order valence-electron chi connectivity index (χ0n) is 15.7. The predicted octanol–water partition coefficient (Wildman–Crippen LogP) is 2.52. The fourth-order valence-corrected chi connectivity index (χ4v) is 3.54. The molecule has 144 valence electrons. The van der Waals surface area contributed by atoms with Crippen LogP contribution in [0.5, 0.6) is 11.5 Å². The van der Waals surface area contributed by atoms with Crippen LogP contribution in [-0.2, 0) is 6.54 Å². The van der Waals surface area contributed by atoms with Crippen LogP contribution in [0.15, 0.2) is 71.0 Å². The van der Waals surface area contributed by atoms with Crippen LogP contribution in [-0.4, -0.2) is 14.7 Å². The third-order valence-corrected chi connectivity index (χ3v) is 4.96. The Balaban J connectivity index is 1.92. The largest absolute Gasteiger partial charge is 0.508 e. The number of ether oxygens (including phenoxy) is 1. The third-order valence-electron chi connectivity index (χ3n) is 4.96. The monoisotopic (exact) mass is 386 g/mol. The average molecular weight is 386 g/mol. The molecule has 1 aliphatic rings. The highest BCUT2D eigenvalue weighted by Gasteiger charge is 2.34. The highest BCUT2D eigenvalue weighted by molar-refractivity contribution is 5.55. The minimum atomic E-state index is -0.688. The lowest BCUT2D eigenvalue weighted by Gasteiger charge is -2.27. The van der Waals surface area contributed by atoms with Crippen molar-refractivity contribution >= 4 is 0 Å². The molecule has 0 fully saturated rings. The Bertz CT molecular complexity index is 1210. The highest BCUT2D eigenvalue weighted by Crippen LogP contribution is 2.40. The van der Waals surface area contributed by atoms with Gasteiger partial charge in [-0.1, -0.05) is 18.2 Å². The molecule has 0 amide bonds. The lowest BCUT2D eigenvalue weighted by atomic mass is 9.84. The first-order valence-electron chi connectivity index (χ1n) is 9.00. The fourth-order valence-electron chi connectivity index (χ4n) is 3.54. The van der Waals surface area contributed by atoms with Crippen LogP contribution in [0.4, 0.5) is 0 Å². The van der Waals surface area contributed by atoms with Gasteiger partial charge in [0, 0.05) is 18.0 Å². The van der Waals surface area contributed by atoms with E-state index in [4.69, 9.17) is 10.5 Å². The van der Waals surface area contributed by atoms with Crippen molar-refractivity contribution < 1.29 is 9.84 Å². The van der Waals surface area contributed by atoms with Crippen LogP contribution < -0.4 is 16.0 Å². The Kier molecular flexibility index (Phi) is 4.53. The third kappa shape index (κ3) is 3.21. The van der Waals surface area contributed by atoms with Gasteiger partial charge in [0.2, 0.25) is 5.88 Å². The number of nitrogens with zero attached hydrogens (tertiary/aromatic N) is 3. The average Bonchev–Trinajstić information content (AvgIpc) is 2.71. The Labute approximate surface area is 166 Å². The second-order valence-electron chi connectivity index (χ2n) is 6.79. The summed E-state index contributed by atoms with van der Waals surface area (Å²) in [6.07, 6.45) is 1.67. The van der Waals surface area contributed by atoms with Gasteiger partial charge in [-0.25, -0.2) is 0 Å². The molecule has 0 spiro atoms. The summed E-state index contributed by atoms with van der Waals surface area (Å²) >= 11 is 0. The molecule has 3 aromatic rings. The van der Waals surface area contributed by atoms with E-state index in [2.05, 4.69) is 11.1 Å². The molecule has 1 aliphatic heterocycles. The van der Waals surface area contributed by atoms with Crippen molar-refractivity contribution in [3.63, 3.8) is 0 Å². The number of aromatic nitrogens is 2. The van der Waals surface area contributed by atoms with Crippen LogP contribution >= 0.6 is 0 Å². The summed E-state index contributed by atoms with van der Waals surface area (Å²) in [5, 5.41) is 19.3. The van der Waals surface area contributed by atoms with Gasteiger partial charge in [-0.15, -0.1) is 0 Å². The number of nitriles is 1. The molecule has 0 bridgehead atoms. The maximum absolute atomic E-state index is 13.5. The number of phenolic OH excluding ortho intramolecular Hbond substituents is 1. The minimum Gasteiger partial charge on any atom is -0.508 e. The van der Waals surface area contributed by atoms with E-state index in [1.165, 1.54) is 12.1 Å². The molecule has 1 atom stereocenters. The normalized spacial score (nSPS) is 15.4. The Morgan fingerprint density at radius 1 is 1.28 bits per heavy atom. The summed E-state index contributed by atoms with van der Waals surface area (Å²) in [6, 6.07) is 15.7. The first-order chi connectivity index (χ1) is 14.0. The van der Waals surface area contributed by atoms with Gasteiger partial charge in [0.25, 0.3) is 5.56 Å². The standard InChI is InChI=1S/C22H18N4O3/c1-13-10-18-20(22(28)26(13)12-15-4-2-3-9-25-15)19(17(11-23)21(24)29-18)14-5-7-16(27)8-6-14/h2-10,19,27H,12,24H2,1H3. The molecule has 2 aromatic heterocycles. The number of pyridine rings is 2. The lowest BCUT2D eigenvalue weighted by molar-refractivity contribution is 0.389. The molecule has 1 aromatic carbocycles. The number of phenols is 1. The van der Waals surface area contributed by atoms with Gasteiger partial charge in [0.15, 0.2) is 0 Å². The highest BCUT2D eigenvalue weighted by atomic mass is 16.5. The first-order valence-corrected chi connectivity index (χ1v) is 9.00. The number of aromatic hydroxyl groups is 1. The van der Waals surface area contributed by atoms with E-state index < -0.39 is 5.92 Å². The molecule has 4 rings (SSSR count). The Morgan fingerprint density at radius 3 is 2.69 bits per heavy atom. The maximum Gasteiger partial charge on any atom is 0.259 e. The molecular formula is C22H18N4O3. The Hall–Kier alpha value is -4.05. The van der Waals surface area contributed by atoms with E-state index in [1.54, 1.807) is 29.0 Å². The van der Waals surface area contributed by atoms with Crippen molar-refractivity contribution in [2.75, 3.05) is 0 Å². The van der Waals surface area contributed by atoms with Gasteiger partial charge < -0.3 is 20.1 Å². The van der Waals surface area contributed by atoms with Gasteiger partial charge in [-0.3, -0.25) is 9.78 Å². The first kappa shape index (κ1) is 18.3. The SMILES string of the molecule is Cc1cc2c(c(=O)n1Cc1ccccn1)C(c1ccc(O)cc1)C(C#N)=C(N)O2.